The molecular formula is C11H16ClN3. The van der Waals surface area contributed by atoms with Crippen LogP contribution >= 0.6 is 11.6 Å². The van der Waals surface area contributed by atoms with Crippen LogP contribution in [0, 0.1) is 5.92 Å². The summed E-state index contributed by atoms with van der Waals surface area (Å²) in [4.78, 5) is 4.04. The van der Waals surface area contributed by atoms with Crippen molar-refractivity contribution < 1.29 is 0 Å². The molecule has 1 aliphatic rings. The molecule has 2 unspecified atom stereocenters. The second-order valence-corrected chi connectivity index (χ2v) is 4.38. The lowest BCUT2D eigenvalue weighted by Crippen LogP contribution is -2.29. The number of hydrogen-bond donors (Lipinski definition) is 2. The van der Waals surface area contributed by atoms with Gasteiger partial charge >= 0.3 is 0 Å². The lowest BCUT2D eigenvalue weighted by Gasteiger charge is -2.20. The van der Waals surface area contributed by atoms with Crippen LogP contribution < -0.4 is 11.1 Å². The Bertz CT molecular complexity index is 329. The first-order chi connectivity index (χ1) is 7.31. The minimum Gasteiger partial charge on any atom is -0.379 e. The Balaban J connectivity index is 2.05. The molecule has 1 aromatic rings. The number of nitrogens with two attached hydrogens (primary N) is 1. The van der Waals surface area contributed by atoms with Crippen LogP contribution in [-0.4, -0.2) is 17.6 Å². The van der Waals surface area contributed by atoms with E-state index in [4.69, 9.17) is 17.3 Å². The second kappa shape index (κ2) is 4.81. The second-order valence-electron chi connectivity index (χ2n) is 4.02. The zero-order valence-electron chi connectivity index (χ0n) is 8.62. The van der Waals surface area contributed by atoms with Gasteiger partial charge in [0.05, 0.1) is 5.69 Å². The number of pyridine rings is 1. The van der Waals surface area contributed by atoms with Crippen molar-refractivity contribution in [2.45, 2.75) is 25.3 Å². The van der Waals surface area contributed by atoms with Crippen molar-refractivity contribution in [1.82, 2.24) is 4.98 Å². The highest BCUT2D eigenvalue weighted by Gasteiger charge is 2.26. The van der Waals surface area contributed by atoms with Gasteiger partial charge in [-0.2, -0.15) is 0 Å². The fourth-order valence-electron chi connectivity index (χ4n) is 2.20. The van der Waals surface area contributed by atoms with Gasteiger partial charge < -0.3 is 11.1 Å². The molecule has 82 valence electrons. The van der Waals surface area contributed by atoms with Gasteiger partial charge in [-0.05, 0) is 37.4 Å². The predicted octanol–water partition coefficient (Wildman–Crippen LogP) is 2.27. The standard InChI is InChI=1S/C11H16ClN3/c12-11-10(5-2-6-14-11)15-9-4-1-3-8(9)7-13/h2,5-6,8-9,15H,1,3-4,7,13H2. The highest BCUT2D eigenvalue weighted by atomic mass is 35.5. The summed E-state index contributed by atoms with van der Waals surface area (Å²) in [5.41, 5.74) is 6.65. The van der Waals surface area contributed by atoms with E-state index in [0.717, 1.165) is 12.2 Å². The molecule has 1 heterocycles. The summed E-state index contributed by atoms with van der Waals surface area (Å²) in [7, 11) is 0. The van der Waals surface area contributed by atoms with E-state index in [1.807, 2.05) is 12.1 Å². The molecule has 0 radical (unpaired) electrons. The molecule has 2 rings (SSSR count). The SMILES string of the molecule is NCC1CCCC1Nc1cccnc1Cl. The third-order valence-corrected chi connectivity index (χ3v) is 3.36. The average molecular weight is 226 g/mol. The molecule has 2 atom stereocenters. The van der Waals surface area contributed by atoms with E-state index >= 15 is 0 Å². The van der Waals surface area contributed by atoms with Gasteiger partial charge in [-0.3, -0.25) is 0 Å². The normalized spacial score (nSPS) is 25.5. The number of aromatic nitrogens is 1. The van der Waals surface area contributed by atoms with Gasteiger partial charge in [0.25, 0.3) is 0 Å². The van der Waals surface area contributed by atoms with E-state index in [0.29, 0.717) is 17.1 Å². The van der Waals surface area contributed by atoms with Gasteiger partial charge in [0.1, 0.15) is 0 Å². The van der Waals surface area contributed by atoms with E-state index in [9.17, 15) is 0 Å². The van der Waals surface area contributed by atoms with Crippen molar-refractivity contribution in [3.05, 3.63) is 23.5 Å². The Morgan fingerprint density at radius 2 is 2.40 bits per heavy atom. The number of nitrogens with zero attached hydrogens (tertiary/aromatic N) is 1. The number of anilines is 1. The topological polar surface area (TPSA) is 50.9 Å². The van der Waals surface area contributed by atoms with Gasteiger partial charge in [-0.25, -0.2) is 4.98 Å². The molecule has 1 saturated carbocycles. The van der Waals surface area contributed by atoms with Crippen molar-refractivity contribution in [3.8, 4) is 0 Å². The van der Waals surface area contributed by atoms with Crippen LogP contribution in [0.4, 0.5) is 5.69 Å². The Hall–Kier alpha value is -0.800. The molecule has 4 heteroatoms. The van der Waals surface area contributed by atoms with Crippen LogP contribution in [0.25, 0.3) is 0 Å². The van der Waals surface area contributed by atoms with Crippen molar-refractivity contribution in [2.75, 3.05) is 11.9 Å². The quantitative estimate of drug-likeness (QED) is 0.776. The highest BCUT2D eigenvalue weighted by Crippen LogP contribution is 2.29. The predicted molar refractivity (Wildman–Crippen MR) is 63.1 cm³/mol. The van der Waals surface area contributed by atoms with Crippen LogP contribution in [0.15, 0.2) is 18.3 Å². The largest absolute Gasteiger partial charge is 0.379 e. The zero-order chi connectivity index (χ0) is 10.7. The van der Waals surface area contributed by atoms with Crippen molar-refractivity contribution >= 4 is 17.3 Å². The Morgan fingerprint density at radius 3 is 3.13 bits per heavy atom. The fourth-order valence-corrected chi connectivity index (χ4v) is 2.38. The fraction of sp³-hybridized carbons (Fsp3) is 0.545. The molecule has 3 N–H and O–H groups in total. The molecule has 1 fully saturated rings. The summed E-state index contributed by atoms with van der Waals surface area (Å²) in [6.45, 7) is 0.746. The average Bonchev–Trinajstić information content (AvgIpc) is 2.69. The smallest absolute Gasteiger partial charge is 0.152 e. The maximum Gasteiger partial charge on any atom is 0.152 e. The summed E-state index contributed by atoms with van der Waals surface area (Å²) < 4.78 is 0. The van der Waals surface area contributed by atoms with Gasteiger partial charge in [0.15, 0.2) is 5.15 Å². The van der Waals surface area contributed by atoms with E-state index in [1.165, 1.54) is 19.3 Å². The first-order valence-corrected chi connectivity index (χ1v) is 5.76. The molecule has 1 aliphatic carbocycles. The molecular weight excluding hydrogens is 210 g/mol. The summed E-state index contributed by atoms with van der Waals surface area (Å²) in [5.74, 6) is 0.571. The maximum atomic E-state index is 5.99. The molecule has 0 aliphatic heterocycles. The molecule has 0 saturated heterocycles. The Kier molecular flexibility index (Phi) is 3.44. The minimum absolute atomic E-state index is 0.455. The monoisotopic (exact) mass is 225 g/mol. The van der Waals surface area contributed by atoms with E-state index < -0.39 is 0 Å². The van der Waals surface area contributed by atoms with Crippen molar-refractivity contribution in [2.24, 2.45) is 11.7 Å². The van der Waals surface area contributed by atoms with E-state index in [2.05, 4.69) is 10.3 Å². The van der Waals surface area contributed by atoms with Crippen molar-refractivity contribution in [1.29, 1.82) is 0 Å². The van der Waals surface area contributed by atoms with Crippen LogP contribution in [0.2, 0.25) is 5.15 Å². The lowest BCUT2D eigenvalue weighted by atomic mass is 10.0. The van der Waals surface area contributed by atoms with Gasteiger partial charge in [-0.15, -0.1) is 0 Å². The van der Waals surface area contributed by atoms with Crippen LogP contribution in [0.1, 0.15) is 19.3 Å². The number of rotatable bonds is 3. The highest BCUT2D eigenvalue weighted by molar-refractivity contribution is 6.31. The zero-order valence-corrected chi connectivity index (χ0v) is 9.37. The minimum atomic E-state index is 0.455. The van der Waals surface area contributed by atoms with E-state index in [-0.39, 0.29) is 0 Å². The van der Waals surface area contributed by atoms with Gasteiger partial charge in [0.2, 0.25) is 0 Å². The number of nitrogens with one attached hydrogen (secondary N) is 1. The number of hydrogen-bond acceptors (Lipinski definition) is 3. The molecule has 0 bridgehead atoms. The first kappa shape index (κ1) is 10.7. The van der Waals surface area contributed by atoms with Crippen LogP contribution in [-0.2, 0) is 0 Å². The molecule has 0 spiro atoms. The summed E-state index contributed by atoms with van der Waals surface area (Å²) in [6.07, 6.45) is 5.33. The van der Waals surface area contributed by atoms with Crippen LogP contribution in [0.5, 0.6) is 0 Å². The Morgan fingerprint density at radius 1 is 1.53 bits per heavy atom. The first-order valence-electron chi connectivity index (χ1n) is 5.38. The third kappa shape index (κ3) is 2.41. The molecule has 15 heavy (non-hydrogen) atoms. The molecule has 3 nitrogen and oxygen atoms in total. The Labute approximate surface area is 95.0 Å². The molecule has 1 aromatic heterocycles. The number of halogens is 1. The molecule has 0 amide bonds. The summed E-state index contributed by atoms with van der Waals surface area (Å²) in [6, 6.07) is 4.30. The van der Waals surface area contributed by atoms with Crippen LogP contribution in [0.3, 0.4) is 0 Å². The third-order valence-electron chi connectivity index (χ3n) is 3.06. The summed E-state index contributed by atoms with van der Waals surface area (Å²) in [5, 5.41) is 3.98. The lowest BCUT2D eigenvalue weighted by molar-refractivity contribution is 0.516. The maximum absolute atomic E-state index is 5.99. The van der Waals surface area contributed by atoms with Gasteiger partial charge in [0, 0.05) is 12.2 Å². The summed E-state index contributed by atoms with van der Waals surface area (Å²) >= 11 is 5.99. The molecule has 0 aromatic carbocycles. The van der Waals surface area contributed by atoms with Crippen molar-refractivity contribution in [3.63, 3.8) is 0 Å². The van der Waals surface area contributed by atoms with E-state index in [1.54, 1.807) is 6.20 Å². The van der Waals surface area contributed by atoms with Gasteiger partial charge in [-0.1, -0.05) is 18.0 Å².